The van der Waals surface area contributed by atoms with Gasteiger partial charge in [0.2, 0.25) is 0 Å². The fraction of sp³-hybridized carbons (Fsp3) is 0.683. The Morgan fingerprint density at radius 3 is 2.19 bits per heavy atom. The molecule has 4 saturated heterocycles. The van der Waals surface area contributed by atoms with E-state index in [1.165, 1.54) is 32.9 Å². The van der Waals surface area contributed by atoms with Gasteiger partial charge in [-0.15, -0.1) is 11.8 Å². The van der Waals surface area contributed by atoms with Crippen molar-refractivity contribution in [3.05, 3.63) is 72.7 Å². The van der Waals surface area contributed by atoms with Crippen LogP contribution in [-0.2, 0) is 84.4 Å². The third-order valence-corrected chi connectivity index (χ3v) is 18.4. The molecular weight excluding hydrogens is 1060 g/mol. The minimum absolute atomic E-state index is 0.00896. The van der Waals surface area contributed by atoms with E-state index >= 15 is 9.59 Å². The van der Waals surface area contributed by atoms with Crippen LogP contribution in [0.25, 0.3) is 11.3 Å². The molecule has 0 bridgehead atoms. The molecule has 0 spiro atoms. The number of cyclic esters (lactones) is 1. The summed E-state index contributed by atoms with van der Waals surface area (Å²) in [4.78, 5) is 77.4. The van der Waals surface area contributed by atoms with E-state index in [1.54, 1.807) is 44.8 Å². The minimum atomic E-state index is -1.45. The maximum Gasteiger partial charge on any atom is 0.509 e. The number of hydrogen-bond donors (Lipinski definition) is 0. The zero-order valence-electron chi connectivity index (χ0n) is 49.8. The monoisotopic (exact) mass is 1150 g/mol. The molecule has 20 nitrogen and oxygen atoms in total. The molecule has 0 N–H and O–H groups in total. The summed E-state index contributed by atoms with van der Waals surface area (Å²) >= 11 is 1.38. The molecule has 6 heterocycles. The molecule has 4 aliphatic heterocycles. The van der Waals surface area contributed by atoms with Crippen LogP contribution < -0.4 is 0 Å². The van der Waals surface area contributed by atoms with Crippen molar-refractivity contribution in [2.45, 2.75) is 198 Å². The zero-order valence-corrected chi connectivity index (χ0v) is 50.6. The number of fused-ring (bicyclic) bond motifs is 1. The van der Waals surface area contributed by atoms with Crippen LogP contribution in [0.4, 0.5) is 4.79 Å². The number of methoxy groups -OCH3 is 2. The van der Waals surface area contributed by atoms with Gasteiger partial charge in [0.15, 0.2) is 30.4 Å². The smallest absolute Gasteiger partial charge is 0.458 e. The van der Waals surface area contributed by atoms with Crippen molar-refractivity contribution >= 4 is 41.6 Å². The number of carbonyl (C=O) groups excluding carboxylic acids is 5. The lowest BCUT2D eigenvalue weighted by molar-refractivity contribution is -0.320. The maximum atomic E-state index is 15.4. The number of benzene rings is 1. The van der Waals surface area contributed by atoms with Gasteiger partial charge in [0.1, 0.15) is 29.3 Å². The Morgan fingerprint density at radius 1 is 0.840 bits per heavy atom. The highest BCUT2D eigenvalue weighted by Gasteiger charge is 2.62. The fourth-order valence-corrected chi connectivity index (χ4v) is 14.1. The second kappa shape index (κ2) is 27.1. The van der Waals surface area contributed by atoms with E-state index < -0.39 is 125 Å². The average Bonchev–Trinajstić information content (AvgIpc) is 4.20. The molecule has 81 heavy (non-hydrogen) atoms. The average molecular weight is 1150 g/mol. The van der Waals surface area contributed by atoms with Crippen molar-refractivity contribution in [3.63, 3.8) is 0 Å². The molecule has 2 aromatic heterocycles. The largest absolute Gasteiger partial charge is 0.509 e. The third kappa shape index (κ3) is 14.5. The first kappa shape index (κ1) is 63.6. The van der Waals surface area contributed by atoms with E-state index in [1.807, 2.05) is 115 Å². The Balaban J connectivity index is 1.25. The molecule has 21 heteroatoms. The quantitative estimate of drug-likeness (QED) is 0.0917. The number of aromatic nitrogens is 3. The van der Waals surface area contributed by atoms with Crippen LogP contribution in [0.5, 0.6) is 0 Å². The second-order valence-electron chi connectivity index (χ2n) is 23.3. The van der Waals surface area contributed by atoms with Gasteiger partial charge in [-0.25, -0.2) is 4.79 Å². The van der Waals surface area contributed by atoms with Crippen LogP contribution in [-0.4, -0.2) is 167 Å². The molecule has 0 unspecified atom stereocenters. The molecule has 19 atom stereocenters. The number of ketones is 1. The number of thioether (sulfide) groups is 1. The summed E-state index contributed by atoms with van der Waals surface area (Å²) in [5, 5.41) is 3.93. The topological polar surface area (TPSA) is 221 Å². The Hall–Kier alpha value is -5.00. The molecule has 0 saturated carbocycles. The molecule has 448 valence electrons. The predicted octanol–water partition coefficient (Wildman–Crippen LogP) is 8.25. The molecular formula is C60H86N4O16S. The van der Waals surface area contributed by atoms with Crippen molar-refractivity contribution in [3.8, 4) is 11.3 Å². The van der Waals surface area contributed by atoms with E-state index in [-0.39, 0.29) is 43.8 Å². The third-order valence-electron chi connectivity index (χ3n) is 17.1. The Kier molecular flexibility index (Phi) is 21.3. The van der Waals surface area contributed by atoms with Crippen molar-refractivity contribution < 1.29 is 76.1 Å². The number of rotatable bonds is 17. The molecule has 4 aliphatic rings. The molecule has 4 fully saturated rings. The lowest BCUT2D eigenvalue weighted by Gasteiger charge is -2.50. The number of nitrogens with zero attached hydrogens (tertiary/aromatic N) is 4. The molecule has 3 aromatic rings. The number of esters is 3. The summed E-state index contributed by atoms with van der Waals surface area (Å²) in [6.07, 6.45) is -3.19. The first-order valence-corrected chi connectivity index (χ1v) is 29.4. The van der Waals surface area contributed by atoms with E-state index in [4.69, 9.17) is 57.2 Å². The van der Waals surface area contributed by atoms with Crippen molar-refractivity contribution in [1.29, 1.82) is 0 Å². The summed E-state index contributed by atoms with van der Waals surface area (Å²) in [6.45, 7) is 19.9. The van der Waals surface area contributed by atoms with Gasteiger partial charge in [-0.1, -0.05) is 58.0 Å². The Morgan fingerprint density at radius 2 is 1.54 bits per heavy atom. The summed E-state index contributed by atoms with van der Waals surface area (Å²) in [5.74, 6) is -5.59. The lowest BCUT2D eigenvalue weighted by atomic mass is 9.70. The first-order chi connectivity index (χ1) is 38.4. The van der Waals surface area contributed by atoms with Gasteiger partial charge in [0.25, 0.3) is 0 Å². The first-order valence-electron chi connectivity index (χ1n) is 28.3. The molecule has 7 rings (SSSR count). The van der Waals surface area contributed by atoms with E-state index in [0.29, 0.717) is 18.7 Å². The van der Waals surface area contributed by atoms with Gasteiger partial charge >= 0.3 is 24.1 Å². The summed E-state index contributed by atoms with van der Waals surface area (Å²) in [5.41, 5.74) is -1.59. The molecule has 1 aromatic carbocycles. The minimum Gasteiger partial charge on any atom is -0.458 e. The van der Waals surface area contributed by atoms with Crippen LogP contribution >= 0.6 is 11.8 Å². The van der Waals surface area contributed by atoms with Gasteiger partial charge < -0.3 is 57.0 Å². The van der Waals surface area contributed by atoms with Gasteiger partial charge in [-0.3, -0.25) is 28.8 Å². The number of hydrogen-bond acceptors (Lipinski definition) is 20. The summed E-state index contributed by atoms with van der Waals surface area (Å²) in [7, 11) is 6.83. The van der Waals surface area contributed by atoms with Crippen molar-refractivity contribution in [2.75, 3.05) is 34.1 Å². The molecule has 0 amide bonds. The van der Waals surface area contributed by atoms with Gasteiger partial charge in [-0.2, -0.15) is 5.10 Å². The Labute approximate surface area is 481 Å². The van der Waals surface area contributed by atoms with Crippen LogP contribution in [0.2, 0.25) is 0 Å². The van der Waals surface area contributed by atoms with Crippen LogP contribution in [0.1, 0.15) is 107 Å². The molecule has 0 radical (unpaired) electrons. The number of likely N-dealkylation sites (N-methyl/N-ethyl adjacent to an activating group) is 1. The second-order valence-corrected chi connectivity index (χ2v) is 24.5. The normalized spacial score (nSPS) is 36.9. The standard InChI is InChI=1S/C60H86N4O16S/c1-16-45-60(11)47(51(55(68)80-60)81-28-27-64-26-24-43(62-64)42-23-20-25-61-32-42)36(4)48(66)34(2)30-58(9,70-14)52(78-56-50(75-40(8)65)44(63(12)13)29-35(3)73-56)37(5)49(38(6)54(67)76-45)77-46-31-59(10,71-15)53(39(7)74-46)79-57(69)72-33-41-21-18-17-19-22-41/h17-26,32,34-39,44-47,49-53,56H,16,27-31,33H2,1-15H3/t34-,35-,36-,37+,38-,39+,44+,45-,46+,47+,49+,50-,51+,52-,53+,56+,58-,59-,60-/m1/s1. The van der Waals surface area contributed by atoms with E-state index in [9.17, 15) is 14.4 Å². The maximum absolute atomic E-state index is 15.4. The highest BCUT2D eigenvalue weighted by molar-refractivity contribution is 8.00. The van der Waals surface area contributed by atoms with E-state index in [2.05, 4.69) is 4.98 Å². The van der Waals surface area contributed by atoms with Crippen LogP contribution in [0.15, 0.2) is 67.1 Å². The number of ether oxygens (including phenoxy) is 11. The SMILES string of the molecule is CC[C@H]1OC(=O)[C@H](C)[C@@H](O[C@H]2C[C@@](C)(OC)[C@@H](OC(=O)OCc3ccccc3)[C@H](C)O2)[C@H](C)[C@@H](O[C@@H]2O[C@H](C)C[C@H](N(C)C)[C@H]2OC(C)=O)[C@](C)(OC)C[C@@H](C)C(=O)[C@H](C)[C@H]2[C@H](SCCn3ccc(-c4cccnc4)n3)C(=O)O[C@@]21C. The van der Waals surface area contributed by atoms with E-state index in [0.717, 1.165) is 16.8 Å². The number of pyridine rings is 1. The lowest BCUT2D eigenvalue weighted by Crippen LogP contribution is -2.62. The molecule has 0 aliphatic carbocycles. The van der Waals surface area contributed by atoms with Crippen molar-refractivity contribution in [1.82, 2.24) is 19.7 Å². The van der Waals surface area contributed by atoms with Gasteiger partial charge in [0, 0.05) is 87.7 Å². The fourth-order valence-electron chi connectivity index (χ4n) is 12.7. The van der Waals surface area contributed by atoms with Crippen LogP contribution in [0, 0.1) is 29.6 Å². The van der Waals surface area contributed by atoms with Gasteiger partial charge in [-0.05, 0) is 98.7 Å². The number of Topliss-reactive ketones (excluding diaryl/α,β-unsaturated/α-hetero) is 1. The Bertz CT molecular complexity index is 2600. The predicted molar refractivity (Wildman–Crippen MR) is 299 cm³/mol. The number of carbonyl (C=O) groups is 5. The van der Waals surface area contributed by atoms with Crippen LogP contribution in [0.3, 0.4) is 0 Å². The highest BCUT2D eigenvalue weighted by atomic mass is 32.2. The van der Waals surface area contributed by atoms with Crippen molar-refractivity contribution in [2.24, 2.45) is 29.6 Å². The highest BCUT2D eigenvalue weighted by Crippen LogP contribution is 2.50. The summed E-state index contributed by atoms with van der Waals surface area (Å²) in [6, 6.07) is 14.6. The number of aryl methyl sites for hydroxylation is 1. The van der Waals surface area contributed by atoms with Gasteiger partial charge in [0.05, 0.1) is 47.7 Å². The summed E-state index contributed by atoms with van der Waals surface area (Å²) < 4.78 is 72.6. The zero-order chi connectivity index (χ0) is 59.1.